The number of nitrogens with one attached hydrogen (secondary N) is 1. The van der Waals surface area contributed by atoms with Crippen molar-refractivity contribution in [1.29, 1.82) is 5.26 Å². The minimum Gasteiger partial charge on any atom is -0.306 e. The first-order chi connectivity index (χ1) is 9.20. The molecule has 0 saturated heterocycles. The van der Waals surface area contributed by atoms with Gasteiger partial charge in [0.15, 0.2) is 0 Å². The zero-order valence-electron chi connectivity index (χ0n) is 11.4. The summed E-state index contributed by atoms with van der Waals surface area (Å²) < 4.78 is 12.9. The standard InChI is InChI=1S/C16H21FN2/c1-12(13-7-9-15(17)10-8-13)19-16-6-4-2-3-5-14(16)11-18/h7-10,12,14,16,19H,2-6H2,1H3. The van der Waals surface area contributed by atoms with Gasteiger partial charge in [0.05, 0.1) is 12.0 Å². The zero-order chi connectivity index (χ0) is 13.7. The topological polar surface area (TPSA) is 35.8 Å². The fourth-order valence-electron chi connectivity index (χ4n) is 2.83. The van der Waals surface area contributed by atoms with E-state index in [1.807, 2.05) is 12.1 Å². The molecule has 0 amide bonds. The van der Waals surface area contributed by atoms with E-state index in [4.69, 9.17) is 0 Å². The van der Waals surface area contributed by atoms with Crippen molar-refractivity contribution >= 4 is 0 Å². The molecule has 1 aromatic rings. The zero-order valence-corrected chi connectivity index (χ0v) is 11.4. The van der Waals surface area contributed by atoms with Gasteiger partial charge in [0.25, 0.3) is 0 Å². The average molecular weight is 260 g/mol. The molecule has 3 unspecified atom stereocenters. The van der Waals surface area contributed by atoms with E-state index < -0.39 is 0 Å². The number of halogens is 1. The van der Waals surface area contributed by atoms with E-state index in [0.29, 0.717) is 0 Å². The van der Waals surface area contributed by atoms with Crippen molar-refractivity contribution in [3.05, 3.63) is 35.6 Å². The van der Waals surface area contributed by atoms with Crippen LogP contribution in [0, 0.1) is 23.1 Å². The third-order valence-corrected chi connectivity index (χ3v) is 4.02. The molecule has 102 valence electrons. The van der Waals surface area contributed by atoms with Gasteiger partial charge in [-0.2, -0.15) is 5.26 Å². The molecule has 1 N–H and O–H groups in total. The second kappa shape index (κ2) is 6.68. The van der Waals surface area contributed by atoms with Crippen LogP contribution in [-0.4, -0.2) is 6.04 Å². The molecule has 1 fully saturated rings. The highest BCUT2D eigenvalue weighted by Crippen LogP contribution is 2.25. The number of hydrogen-bond acceptors (Lipinski definition) is 2. The molecular weight excluding hydrogens is 239 g/mol. The summed E-state index contributed by atoms with van der Waals surface area (Å²) in [6.07, 6.45) is 5.61. The maximum atomic E-state index is 12.9. The Morgan fingerprint density at radius 3 is 2.58 bits per heavy atom. The summed E-state index contributed by atoms with van der Waals surface area (Å²) in [6, 6.07) is 9.44. The molecule has 1 aliphatic rings. The van der Waals surface area contributed by atoms with Gasteiger partial charge in [0, 0.05) is 12.1 Å². The van der Waals surface area contributed by atoms with Crippen molar-refractivity contribution in [2.45, 2.75) is 51.1 Å². The predicted molar refractivity (Wildman–Crippen MR) is 73.9 cm³/mol. The summed E-state index contributed by atoms with van der Waals surface area (Å²) in [6.45, 7) is 2.08. The maximum Gasteiger partial charge on any atom is 0.123 e. The molecule has 0 radical (unpaired) electrons. The van der Waals surface area contributed by atoms with Gasteiger partial charge < -0.3 is 5.32 Å². The van der Waals surface area contributed by atoms with E-state index in [9.17, 15) is 9.65 Å². The van der Waals surface area contributed by atoms with Crippen LogP contribution in [0.4, 0.5) is 4.39 Å². The van der Waals surface area contributed by atoms with Gasteiger partial charge in [-0.1, -0.05) is 31.4 Å². The number of nitriles is 1. The summed E-state index contributed by atoms with van der Waals surface area (Å²) in [7, 11) is 0. The maximum absolute atomic E-state index is 12.9. The molecular formula is C16H21FN2. The van der Waals surface area contributed by atoms with E-state index in [2.05, 4.69) is 18.3 Å². The van der Waals surface area contributed by atoms with E-state index in [-0.39, 0.29) is 23.8 Å². The van der Waals surface area contributed by atoms with Gasteiger partial charge in [0.1, 0.15) is 5.82 Å². The van der Waals surface area contributed by atoms with E-state index >= 15 is 0 Å². The highest BCUT2D eigenvalue weighted by molar-refractivity contribution is 5.19. The molecule has 0 bridgehead atoms. The number of nitrogens with zero attached hydrogens (tertiary/aromatic N) is 1. The van der Waals surface area contributed by atoms with Crippen LogP contribution in [0.5, 0.6) is 0 Å². The molecule has 0 heterocycles. The molecule has 2 nitrogen and oxygen atoms in total. The second-order valence-corrected chi connectivity index (χ2v) is 5.42. The Hall–Kier alpha value is -1.40. The van der Waals surface area contributed by atoms with Gasteiger partial charge in [0.2, 0.25) is 0 Å². The van der Waals surface area contributed by atoms with Crippen LogP contribution in [0.15, 0.2) is 24.3 Å². The number of hydrogen-bond donors (Lipinski definition) is 1. The molecule has 1 aliphatic carbocycles. The van der Waals surface area contributed by atoms with Gasteiger partial charge in [-0.15, -0.1) is 0 Å². The molecule has 0 aliphatic heterocycles. The average Bonchev–Trinajstić information content (AvgIpc) is 2.64. The highest BCUT2D eigenvalue weighted by atomic mass is 19.1. The van der Waals surface area contributed by atoms with Crippen LogP contribution in [0.3, 0.4) is 0 Å². The Kier molecular flexibility index (Phi) is 4.93. The van der Waals surface area contributed by atoms with Gasteiger partial charge in [-0.25, -0.2) is 4.39 Å². The van der Waals surface area contributed by atoms with E-state index in [1.165, 1.54) is 25.0 Å². The predicted octanol–water partition coefficient (Wildman–Crippen LogP) is 3.95. The van der Waals surface area contributed by atoms with E-state index in [0.717, 1.165) is 24.8 Å². The number of rotatable bonds is 3. The van der Waals surface area contributed by atoms with Crippen molar-refractivity contribution in [1.82, 2.24) is 5.32 Å². The van der Waals surface area contributed by atoms with Gasteiger partial charge in [-0.05, 0) is 37.5 Å². The lowest BCUT2D eigenvalue weighted by atomic mass is 9.94. The lowest BCUT2D eigenvalue weighted by molar-refractivity contribution is 0.361. The third-order valence-electron chi connectivity index (χ3n) is 4.02. The van der Waals surface area contributed by atoms with Crippen molar-refractivity contribution in [2.24, 2.45) is 5.92 Å². The Labute approximate surface area is 114 Å². The molecule has 3 atom stereocenters. The normalized spacial score (nSPS) is 25.3. The summed E-state index contributed by atoms with van der Waals surface area (Å²) in [5.41, 5.74) is 1.07. The summed E-state index contributed by atoms with van der Waals surface area (Å²) >= 11 is 0. The Morgan fingerprint density at radius 2 is 1.89 bits per heavy atom. The van der Waals surface area contributed by atoms with Crippen LogP contribution < -0.4 is 5.32 Å². The lowest BCUT2D eigenvalue weighted by Gasteiger charge is -2.25. The monoisotopic (exact) mass is 260 g/mol. The number of benzene rings is 1. The smallest absolute Gasteiger partial charge is 0.123 e. The highest BCUT2D eigenvalue weighted by Gasteiger charge is 2.24. The van der Waals surface area contributed by atoms with Gasteiger partial charge in [-0.3, -0.25) is 0 Å². The Bertz CT molecular complexity index is 435. The fraction of sp³-hybridized carbons (Fsp3) is 0.562. The lowest BCUT2D eigenvalue weighted by Crippen LogP contribution is -2.36. The molecule has 0 aromatic heterocycles. The van der Waals surface area contributed by atoms with Crippen molar-refractivity contribution in [2.75, 3.05) is 0 Å². The van der Waals surface area contributed by atoms with Gasteiger partial charge >= 0.3 is 0 Å². The molecule has 19 heavy (non-hydrogen) atoms. The first-order valence-electron chi connectivity index (χ1n) is 7.12. The largest absolute Gasteiger partial charge is 0.306 e. The SMILES string of the molecule is CC(NC1CCCCCC1C#N)c1ccc(F)cc1. The fourth-order valence-corrected chi connectivity index (χ4v) is 2.83. The van der Waals surface area contributed by atoms with Crippen molar-refractivity contribution in [3.8, 4) is 6.07 Å². The van der Waals surface area contributed by atoms with Crippen molar-refractivity contribution in [3.63, 3.8) is 0 Å². The van der Waals surface area contributed by atoms with Crippen LogP contribution in [0.1, 0.15) is 50.6 Å². The summed E-state index contributed by atoms with van der Waals surface area (Å²) in [5.74, 6) is -0.106. The quantitative estimate of drug-likeness (QED) is 0.835. The third kappa shape index (κ3) is 3.78. The molecule has 3 heteroatoms. The molecule has 0 spiro atoms. The summed E-state index contributed by atoms with van der Waals surface area (Å²) in [5, 5.41) is 12.8. The van der Waals surface area contributed by atoms with Crippen molar-refractivity contribution < 1.29 is 4.39 Å². The minimum absolute atomic E-state index is 0.102. The van der Waals surface area contributed by atoms with Crippen LogP contribution in [0.25, 0.3) is 0 Å². The molecule has 1 saturated carbocycles. The van der Waals surface area contributed by atoms with Crippen LogP contribution >= 0.6 is 0 Å². The first-order valence-corrected chi connectivity index (χ1v) is 7.12. The van der Waals surface area contributed by atoms with E-state index in [1.54, 1.807) is 0 Å². The first kappa shape index (κ1) is 14.0. The van der Waals surface area contributed by atoms with Crippen LogP contribution in [0.2, 0.25) is 0 Å². The van der Waals surface area contributed by atoms with Crippen LogP contribution in [-0.2, 0) is 0 Å². The second-order valence-electron chi connectivity index (χ2n) is 5.42. The Morgan fingerprint density at radius 1 is 1.21 bits per heavy atom. The molecule has 1 aromatic carbocycles. The molecule has 2 rings (SSSR count). The summed E-state index contributed by atoms with van der Waals surface area (Å²) in [4.78, 5) is 0. The Balaban J connectivity index is 2.02. The minimum atomic E-state index is -0.208.